The van der Waals surface area contributed by atoms with E-state index in [9.17, 15) is 9.59 Å². The molecule has 6 heteroatoms. The summed E-state index contributed by atoms with van der Waals surface area (Å²) in [5.74, 6) is -0.315. The van der Waals surface area contributed by atoms with Crippen molar-refractivity contribution < 1.29 is 14.0 Å². The van der Waals surface area contributed by atoms with Crippen LogP contribution in [0.4, 0.5) is 11.4 Å². The minimum Gasteiger partial charge on any atom is -0.459 e. The zero-order valence-corrected chi connectivity index (χ0v) is 13.9. The molecule has 0 spiro atoms. The Morgan fingerprint density at radius 2 is 1.92 bits per heavy atom. The Balaban J connectivity index is 1.76. The molecule has 2 aromatic rings. The number of hydrogen-bond donors (Lipinski definition) is 1. The molecule has 1 N–H and O–H groups in total. The summed E-state index contributed by atoms with van der Waals surface area (Å²) in [5, 5.41) is 2.70. The molecular formula is C18H21N3O3. The third-order valence-corrected chi connectivity index (χ3v) is 4.22. The van der Waals surface area contributed by atoms with Crippen molar-refractivity contribution in [2.45, 2.75) is 19.9 Å². The van der Waals surface area contributed by atoms with Crippen molar-refractivity contribution in [1.82, 2.24) is 5.32 Å². The molecule has 1 aromatic carbocycles. The van der Waals surface area contributed by atoms with E-state index in [0.29, 0.717) is 6.54 Å². The van der Waals surface area contributed by atoms with Crippen molar-refractivity contribution in [2.75, 3.05) is 29.4 Å². The van der Waals surface area contributed by atoms with Crippen LogP contribution in [0.3, 0.4) is 0 Å². The van der Waals surface area contributed by atoms with Gasteiger partial charge in [-0.3, -0.25) is 9.59 Å². The number of carbonyl (C=O) groups is 2. The van der Waals surface area contributed by atoms with E-state index in [2.05, 4.69) is 17.1 Å². The van der Waals surface area contributed by atoms with Gasteiger partial charge in [0.25, 0.3) is 5.91 Å². The maximum Gasteiger partial charge on any atom is 0.287 e. The van der Waals surface area contributed by atoms with Crippen LogP contribution in [0.5, 0.6) is 0 Å². The molecule has 2 heterocycles. The van der Waals surface area contributed by atoms with Gasteiger partial charge in [-0.05, 0) is 38.1 Å². The summed E-state index contributed by atoms with van der Waals surface area (Å²) in [6.45, 7) is 6.06. The van der Waals surface area contributed by atoms with Crippen LogP contribution in [0.1, 0.15) is 24.4 Å². The highest BCUT2D eigenvalue weighted by Gasteiger charge is 2.29. The zero-order valence-electron chi connectivity index (χ0n) is 13.9. The van der Waals surface area contributed by atoms with Gasteiger partial charge in [-0.2, -0.15) is 0 Å². The molecule has 1 atom stereocenters. The minimum atomic E-state index is -0.635. The number of fused-ring (bicyclic) bond motifs is 1. The summed E-state index contributed by atoms with van der Waals surface area (Å²) < 4.78 is 5.06. The average molecular weight is 327 g/mol. The van der Waals surface area contributed by atoms with Crippen molar-refractivity contribution >= 4 is 23.2 Å². The summed E-state index contributed by atoms with van der Waals surface area (Å²) >= 11 is 0. The molecule has 0 saturated carbocycles. The molecule has 2 amide bonds. The number of carbonyl (C=O) groups excluding carboxylic acids is 2. The third kappa shape index (κ3) is 2.99. The monoisotopic (exact) mass is 327 g/mol. The first-order valence-corrected chi connectivity index (χ1v) is 8.11. The lowest BCUT2D eigenvalue weighted by atomic mass is 10.1. The average Bonchev–Trinajstić information content (AvgIpc) is 3.15. The number of para-hydroxylation sites is 2. The van der Waals surface area contributed by atoms with Gasteiger partial charge in [-0.25, -0.2) is 0 Å². The Bertz CT molecular complexity index is 727. The maximum absolute atomic E-state index is 12.8. The molecule has 0 saturated heterocycles. The van der Waals surface area contributed by atoms with Crippen LogP contribution in [0.15, 0.2) is 47.1 Å². The van der Waals surface area contributed by atoms with Crippen LogP contribution in [0.25, 0.3) is 0 Å². The smallest absolute Gasteiger partial charge is 0.287 e. The fraction of sp³-hybridized carbons (Fsp3) is 0.333. The molecule has 0 fully saturated rings. The first kappa shape index (κ1) is 16.1. The van der Waals surface area contributed by atoms with Crippen LogP contribution < -0.4 is 15.1 Å². The Kier molecular flexibility index (Phi) is 4.55. The van der Waals surface area contributed by atoms with Gasteiger partial charge < -0.3 is 19.5 Å². The van der Waals surface area contributed by atoms with Crippen LogP contribution in [0, 0.1) is 0 Å². The number of hydrogen-bond acceptors (Lipinski definition) is 4. The number of rotatable bonds is 4. The predicted octanol–water partition coefficient (Wildman–Crippen LogP) is 2.27. The fourth-order valence-corrected chi connectivity index (χ4v) is 2.95. The lowest BCUT2D eigenvalue weighted by Crippen LogP contribution is -2.51. The van der Waals surface area contributed by atoms with Crippen LogP contribution in [0.2, 0.25) is 0 Å². The largest absolute Gasteiger partial charge is 0.459 e. The number of nitrogens with one attached hydrogen (secondary N) is 1. The van der Waals surface area contributed by atoms with E-state index in [-0.39, 0.29) is 17.6 Å². The van der Waals surface area contributed by atoms with Gasteiger partial charge in [0.2, 0.25) is 5.91 Å². The van der Waals surface area contributed by atoms with E-state index >= 15 is 0 Å². The standard InChI is InChI=1S/C18H21N3O3/c1-3-20-10-11-21(15-8-5-4-7-14(15)20)18(23)13(2)19-17(22)16-9-6-12-24-16/h4-9,12-13H,3,10-11H2,1-2H3,(H,19,22). The maximum atomic E-state index is 12.8. The molecule has 126 valence electrons. The van der Waals surface area contributed by atoms with Crippen molar-refractivity contribution in [3.8, 4) is 0 Å². The van der Waals surface area contributed by atoms with Gasteiger partial charge in [0.1, 0.15) is 6.04 Å². The molecule has 24 heavy (non-hydrogen) atoms. The first-order chi connectivity index (χ1) is 11.6. The highest BCUT2D eigenvalue weighted by atomic mass is 16.3. The SMILES string of the molecule is CCN1CCN(C(=O)C(C)NC(=O)c2ccco2)c2ccccc21. The van der Waals surface area contributed by atoms with Crippen molar-refractivity contribution in [3.05, 3.63) is 48.4 Å². The van der Waals surface area contributed by atoms with Crippen LogP contribution in [-0.4, -0.2) is 37.5 Å². The van der Waals surface area contributed by atoms with Crippen LogP contribution >= 0.6 is 0 Å². The van der Waals surface area contributed by atoms with Crippen molar-refractivity contribution in [1.29, 1.82) is 0 Å². The topological polar surface area (TPSA) is 65.8 Å². The minimum absolute atomic E-state index is 0.127. The molecule has 1 aromatic heterocycles. The fourth-order valence-electron chi connectivity index (χ4n) is 2.95. The molecule has 1 aliphatic rings. The summed E-state index contributed by atoms with van der Waals surface area (Å²) in [6.07, 6.45) is 1.43. The number of furan rings is 1. The van der Waals surface area contributed by atoms with Crippen LogP contribution in [-0.2, 0) is 4.79 Å². The van der Waals surface area contributed by atoms with Gasteiger partial charge in [0.15, 0.2) is 5.76 Å². The molecule has 0 aliphatic carbocycles. The number of amides is 2. The summed E-state index contributed by atoms with van der Waals surface area (Å²) in [5.41, 5.74) is 1.93. The third-order valence-electron chi connectivity index (χ3n) is 4.22. The highest BCUT2D eigenvalue weighted by molar-refractivity contribution is 6.03. The number of benzene rings is 1. The van der Waals surface area contributed by atoms with Crippen molar-refractivity contribution in [3.63, 3.8) is 0 Å². The number of anilines is 2. The Hall–Kier alpha value is -2.76. The van der Waals surface area contributed by atoms with Gasteiger partial charge >= 0.3 is 0 Å². The molecular weight excluding hydrogens is 306 g/mol. The number of nitrogens with zero attached hydrogens (tertiary/aromatic N) is 2. The molecule has 1 aliphatic heterocycles. The van der Waals surface area contributed by atoms with E-state index in [1.165, 1.54) is 6.26 Å². The normalized spacial score (nSPS) is 14.9. The second kappa shape index (κ2) is 6.78. The van der Waals surface area contributed by atoms with E-state index in [0.717, 1.165) is 24.5 Å². The quantitative estimate of drug-likeness (QED) is 0.935. The van der Waals surface area contributed by atoms with E-state index < -0.39 is 6.04 Å². The zero-order chi connectivity index (χ0) is 17.1. The molecule has 6 nitrogen and oxygen atoms in total. The Labute approximate surface area is 141 Å². The molecule has 0 bridgehead atoms. The van der Waals surface area contributed by atoms with Gasteiger partial charge in [-0.1, -0.05) is 12.1 Å². The molecule has 0 radical (unpaired) electrons. The lowest BCUT2D eigenvalue weighted by Gasteiger charge is -2.38. The lowest BCUT2D eigenvalue weighted by molar-refractivity contribution is -0.120. The highest BCUT2D eigenvalue weighted by Crippen LogP contribution is 2.32. The Morgan fingerprint density at radius 3 is 2.58 bits per heavy atom. The predicted molar refractivity (Wildman–Crippen MR) is 92.3 cm³/mol. The molecule has 1 unspecified atom stereocenters. The first-order valence-electron chi connectivity index (χ1n) is 8.11. The van der Waals surface area contributed by atoms with E-state index in [1.807, 2.05) is 24.3 Å². The second-order valence-corrected chi connectivity index (χ2v) is 5.73. The summed E-state index contributed by atoms with van der Waals surface area (Å²) in [7, 11) is 0. The summed E-state index contributed by atoms with van der Waals surface area (Å²) in [4.78, 5) is 28.9. The second-order valence-electron chi connectivity index (χ2n) is 5.73. The number of likely N-dealkylation sites (N-methyl/N-ethyl adjacent to an activating group) is 1. The van der Waals surface area contributed by atoms with E-state index in [4.69, 9.17) is 4.42 Å². The van der Waals surface area contributed by atoms with Gasteiger partial charge in [-0.15, -0.1) is 0 Å². The summed E-state index contributed by atoms with van der Waals surface area (Å²) in [6, 6.07) is 10.4. The van der Waals surface area contributed by atoms with Crippen molar-refractivity contribution in [2.24, 2.45) is 0 Å². The molecule has 3 rings (SSSR count). The van der Waals surface area contributed by atoms with E-state index in [1.54, 1.807) is 24.0 Å². The van der Waals surface area contributed by atoms with Gasteiger partial charge in [0.05, 0.1) is 17.6 Å². The Morgan fingerprint density at radius 1 is 1.17 bits per heavy atom. The van der Waals surface area contributed by atoms with Gasteiger partial charge in [0, 0.05) is 19.6 Å².